The number of hydrogen-bond donors (Lipinski definition) is 1. The lowest BCUT2D eigenvalue weighted by Crippen LogP contribution is -2.28. The van der Waals surface area contributed by atoms with Gasteiger partial charge in [0.05, 0.1) is 17.9 Å². The zero-order valence-corrected chi connectivity index (χ0v) is 20.8. The van der Waals surface area contributed by atoms with Crippen molar-refractivity contribution in [1.82, 2.24) is 19.3 Å². The van der Waals surface area contributed by atoms with Crippen LogP contribution in [0.5, 0.6) is 0 Å². The molecule has 0 saturated heterocycles. The van der Waals surface area contributed by atoms with E-state index < -0.39 is 0 Å². The number of nitrogens with zero attached hydrogens (tertiary/aromatic N) is 4. The van der Waals surface area contributed by atoms with E-state index in [4.69, 9.17) is 4.98 Å². The molecule has 174 valence electrons. The Hall–Kier alpha value is -3.39. The molecule has 2 aromatic heterocycles. The highest BCUT2D eigenvalue weighted by Gasteiger charge is 2.30. The SMILES string of the molecule is Cc1cc(C)c(NC(=O)CC2CSc3nc4c(cnn4-c4ccc(C)c(C)c4)c(=O)n32)c(C)c1. The second-order valence-corrected chi connectivity index (χ2v) is 10.1. The Morgan fingerprint density at radius 3 is 2.50 bits per heavy atom. The zero-order valence-electron chi connectivity index (χ0n) is 20.0. The van der Waals surface area contributed by atoms with Crippen LogP contribution in [0.3, 0.4) is 0 Å². The van der Waals surface area contributed by atoms with E-state index in [2.05, 4.69) is 36.4 Å². The summed E-state index contributed by atoms with van der Waals surface area (Å²) in [6.45, 7) is 10.1. The lowest BCUT2D eigenvalue weighted by Gasteiger charge is -2.16. The first kappa shape index (κ1) is 22.4. The highest BCUT2D eigenvalue weighted by atomic mass is 32.2. The van der Waals surface area contributed by atoms with Gasteiger partial charge in [0.1, 0.15) is 5.39 Å². The lowest BCUT2D eigenvalue weighted by molar-refractivity contribution is -0.116. The molecule has 0 bridgehead atoms. The molecule has 1 aliphatic heterocycles. The number of aryl methyl sites for hydroxylation is 5. The minimum atomic E-state index is -0.250. The molecule has 2 aromatic carbocycles. The van der Waals surface area contributed by atoms with Gasteiger partial charge >= 0.3 is 0 Å². The third-order valence-corrected chi connectivity index (χ3v) is 7.57. The van der Waals surface area contributed by atoms with E-state index in [1.165, 1.54) is 17.3 Å². The highest BCUT2D eigenvalue weighted by molar-refractivity contribution is 7.99. The van der Waals surface area contributed by atoms with Crippen LogP contribution in [0.2, 0.25) is 0 Å². The number of aromatic nitrogens is 4. The predicted molar refractivity (Wildman–Crippen MR) is 136 cm³/mol. The minimum Gasteiger partial charge on any atom is -0.326 e. The van der Waals surface area contributed by atoms with Gasteiger partial charge in [-0.25, -0.2) is 9.67 Å². The summed E-state index contributed by atoms with van der Waals surface area (Å²) in [5.41, 5.74) is 7.69. The Morgan fingerprint density at radius 1 is 1.06 bits per heavy atom. The van der Waals surface area contributed by atoms with Crippen molar-refractivity contribution < 1.29 is 4.79 Å². The third-order valence-electron chi connectivity index (χ3n) is 6.47. The number of rotatable bonds is 4. The third kappa shape index (κ3) is 3.81. The molecule has 3 heterocycles. The zero-order chi connectivity index (χ0) is 24.1. The van der Waals surface area contributed by atoms with Gasteiger partial charge in [0.25, 0.3) is 5.56 Å². The van der Waals surface area contributed by atoms with Crippen LogP contribution in [0.4, 0.5) is 5.69 Å². The van der Waals surface area contributed by atoms with Gasteiger partial charge < -0.3 is 5.32 Å². The maximum atomic E-state index is 13.4. The smallest absolute Gasteiger partial charge is 0.265 e. The molecule has 0 radical (unpaired) electrons. The molecule has 1 atom stereocenters. The van der Waals surface area contributed by atoms with Crippen LogP contribution in [-0.2, 0) is 4.79 Å². The molecular weight excluding hydrogens is 446 g/mol. The molecule has 1 unspecified atom stereocenters. The van der Waals surface area contributed by atoms with Crippen LogP contribution in [0.15, 0.2) is 46.5 Å². The summed E-state index contributed by atoms with van der Waals surface area (Å²) < 4.78 is 3.38. The molecule has 1 aliphatic rings. The van der Waals surface area contributed by atoms with E-state index in [1.807, 2.05) is 39.0 Å². The maximum absolute atomic E-state index is 13.4. The summed E-state index contributed by atoms with van der Waals surface area (Å²) in [6, 6.07) is 9.93. The van der Waals surface area contributed by atoms with Crippen molar-refractivity contribution in [2.24, 2.45) is 0 Å². The number of carbonyl (C=O) groups excluding carboxylic acids is 1. The second kappa shape index (κ2) is 8.43. The van der Waals surface area contributed by atoms with Crippen molar-refractivity contribution in [2.75, 3.05) is 11.1 Å². The maximum Gasteiger partial charge on any atom is 0.265 e. The molecule has 34 heavy (non-hydrogen) atoms. The summed E-state index contributed by atoms with van der Waals surface area (Å²) in [6.07, 6.45) is 1.79. The van der Waals surface area contributed by atoms with E-state index in [-0.39, 0.29) is 23.9 Å². The molecule has 4 aromatic rings. The Labute approximate surface area is 202 Å². The average molecular weight is 474 g/mol. The Kier molecular flexibility index (Phi) is 5.56. The lowest BCUT2D eigenvalue weighted by atomic mass is 10.0. The second-order valence-electron chi connectivity index (χ2n) is 9.12. The molecule has 0 aliphatic carbocycles. The molecule has 1 amide bonds. The molecule has 8 heteroatoms. The summed E-state index contributed by atoms with van der Waals surface area (Å²) in [5, 5.41) is 8.60. The highest BCUT2D eigenvalue weighted by Crippen LogP contribution is 2.34. The Bertz CT molecular complexity index is 1490. The van der Waals surface area contributed by atoms with Gasteiger partial charge in [-0.1, -0.05) is 35.5 Å². The van der Waals surface area contributed by atoms with Crippen molar-refractivity contribution in [1.29, 1.82) is 0 Å². The first-order valence-corrected chi connectivity index (χ1v) is 12.3. The van der Waals surface area contributed by atoms with Gasteiger partial charge in [0.15, 0.2) is 10.8 Å². The van der Waals surface area contributed by atoms with Crippen molar-refractivity contribution in [3.63, 3.8) is 0 Å². The van der Waals surface area contributed by atoms with Crippen LogP contribution in [0, 0.1) is 34.6 Å². The molecule has 0 saturated carbocycles. The summed E-state index contributed by atoms with van der Waals surface area (Å²) in [7, 11) is 0. The molecule has 0 fully saturated rings. The standard InChI is InChI=1S/C26H27N5O2S/c1-14-8-17(4)23(18(5)9-14)28-22(32)11-20-13-34-26-29-24-21(25(33)30(20)26)12-27-31(24)19-7-6-15(2)16(3)10-19/h6-10,12,20H,11,13H2,1-5H3,(H,28,32). The van der Waals surface area contributed by atoms with Gasteiger partial charge in [-0.2, -0.15) is 5.10 Å². The molecule has 5 rings (SSSR count). The minimum absolute atomic E-state index is 0.105. The average Bonchev–Trinajstić information content (AvgIpc) is 3.38. The largest absolute Gasteiger partial charge is 0.326 e. The number of carbonyl (C=O) groups is 1. The van der Waals surface area contributed by atoms with Crippen molar-refractivity contribution >= 4 is 34.4 Å². The normalized spacial score (nSPS) is 15.0. The van der Waals surface area contributed by atoms with Crippen molar-refractivity contribution in [2.45, 2.75) is 52.2 Å². The first-order chi connectivity index (χ1) is 16.2. The van der Waals surface area contributed by atoms with Crippen LogP contribution in [0.25, 0.3) is 16.7 Å². The number of hydrogen-bond acceptors (Lipinski definition) is 5. The number of thioether (sulfide) groups is 1. The van der Waals surface area contributed by atoms with Crippen LogP contribution >= 0.6 is 11.8 Å². The molecular formula is C26H27N5O2S. The molecule has 1 N–H and O–H groups in total. The monoisotopic (exact) mass is 473 g/mol. The number of amides is 1. The Morgan fingerprint density at radius 2 is 1.79 bits per heavy atom. The fourth-order valence-corrected chi connectivity index (χ4v) is 5.74. The summed E-state index contributed by atoms with van der Waals surface area (Å²) in [4.78, 5) is 31.1. The van der Waals surface area contributed by atoms with E-state index in [9.17, 15) is 9.59 Å². The fourth-order valence-electron chi connectivity index (χ4n) is 4.61. The topological polar surface area (TPSA) is 81.8 Å². The molecule has 0 spiro atoms. The van der Waals surface area contributed by atoms with Crippen LogP contribution in [0.1, 0.15) is 40.3 Å². The van der Waals surface area contributed by atoms with E-state index in [0.717, 1.165) is 33.6 Å². The van der Waals surface area contributed by atoms with E-state index in [0.29, 0.717) is 21.9 Å². The fraction of sp³-hybridized carbons (Fsp3) is 0.308. The quantitative estimate of drug-likeness (QED) is 0.431. The van der Waals surface area contributed by atoms with Gasteiger partial charge in [-0.3, -0.25) is 14.2 Å². The number of fused-ring (bicyclic) bond motifs is 2. The van der Waals surface area contributed by atoms with Gasteiger partial charge in [-0.15, -0.1) is 0 Å². The molecule has 7 nitrogen and oxygen atoms in total. The van der Waals surface area contributed by atoms with E-state index >= 15 is 0 Å². The van der Waals surface area contributed by atoms with Crippen molar-refractivity contribution in [3.05, 3.63) is 74.7 Å². The predicted octanol–water partition coefficient (Wildman–Crippen LogP) is 4.80. The van der Waals surface area contributed by atoms with Gasteiger partial charge in [0.2, 0.25) is 5.91 Å². The van der Waals surface area contributed by atoms with E-state index in [1.54, 1.807) is 15.4 Å². The number of anilines is 1. The Balaban J connectivity index is 1.45. The number of nitrogens with one attached hydrogen (secondary N) is 1. The van der Waals surface area contributed by atoms with Gasteiger partial charge in [-0.05, 0) is 69.0 Å². The van der Waals surface area contributed by atoms with Crippen molar-refractivity contribution in [3.8, 4) is 5.69 Å². The van der Waals surface area contributed by atoms with Crippen LogP contribution in [-0.4, -0.2) is 31.0 Å². The summed E-state index contributed by atoms with van der Waals surface area (Å²) in [5.74, 6) is 0.525. The first-order valence-electron chi connectivity index (χ1n) is 11.3. The van der Waals surface area contributed by atoms with Crippen LogP contribution < -0.4 is 10.9 Å². The number of benzene rings is 2. The summed E-state index contributed by atoms with van der Waals surface area (Å²) >= 11 is 1.51. The van der Waals surface area contributed by atoms with Gasteiger partial charge in [0, 0.05) is 17.9 Å².